The first-order valence-electron chi connectivity index (χ1n) is 8.33. The topological polar surface area (TPSA) is 157 Å². The zero-order valence-electron chi connectivity index (χ0n) is 15.6. The summed E-state index contributed by atoms with van der Waals surface area (Å²) in [4.78, 5) is 30.9. The van der Waals surface area contributed by atoms with Crippen LogP contribution in [0.15, 0.2) is 9.98 Å². The highest BCUT2D eigenvalue weighted by atomic mass is 16.4. The van der Waals surface area contributed by atoms with Gasteiger partial charge < -0.3 is 10.2 Å². The van der Waals surface area contributed by atoms with E-state index in [4.69, 9.17) is 10.2 Å². The lowest BCUT2D eigenvalue weighted by Gasteiger charge is -2.00. The van der Waals surface area contributed by atoms with Gasteiger partial charge in [0.1, 0.15) is 22.8 Å². The largest absolute Gasteiger partial charge is 0.477 e. The molecule has 0 aliphatic rings. The highest BCUT2D eigenvalue weighted by Crippen LogP contribution is 2.12. The molecule has 0 fully saturated rings. The van der Waals surface area contributed by atoms with Crippen LogP contribution in [0.5, 0.6) is 0 Å². The molecule has 0 aliphatic carbocycles. The highest BCUT2D eigenvalue weighted by Gasteiger charge is 2.17. The highest BCUT2D eigenvalue weighted by molar-refractivity contribution is 6.01. The molecular weight excluding hydrogens is 352 g/mol. The molecule has 2 aromatic rings. The molecule has 0 aliphatic heterocycles. The third-order valence-corrected chi connectivity index (χ3v) is 4.15. The first-order chi connectivity index (χ1) is 12.7. The maximum atomic E-state index is 11.0. The van der Waals surface area contributed by atoms with Gasteiger partial charge in [-0.15, -0.1) is 0 Å². The standard InChI is InChI=1S/C17H22N6O4/c1-8-12(20-22-14(8)16(24)25)10(3)18-6-5-7-19-11(4)13-9(2)15(17(26)27)23-21-13/h5-7H2,1-4H3,(H,20,22)(H,21,23)(H,24,25)(H,26,27). The number of rotatable bonds is 8. The minimum absolute atomic E-state index is 0.0647. The predicted molar refractivity (Wildman–Crippen MR) is 99.3 cm³/mol. The molecule has 0 aromatic carbocycles. The molecule has 0 radical (unpaired) electrons. The normalized spacial score (nSPS) is 12.4. The van der Waals surface area contributed by atoms with Gasteiger partial charge in [-0.2, -0.15) is 10.2 Å². The van der Waals surface area contributed by atoms with Gasteiger partial charge in [0.2, 0.25) is 0 Å². The predicted octanol–water partition coefficient (Wildman–Crippen LogP) is 1.85. The van der Waals surface area contributed by atoms with Crippen molar-refractivity contribution in [3.05, 3.63) is 33.9 Å². The van der Waals surface area contributed by atoms with Crippen molar-refractivity contribution in [3.8, 4) is 0 Å². The average molecular weight is 374 g/mol. The van der Waals surface area contributed by atoms with Crippen molar-refractivity contribution < 1.29 is 19.8 Å². The summed E-state index contributed by atoms with van der Waals surface area (Å²) in [5.41, 5.74) is 3.64. The molecule has 10 heteroatoms. The number of aromatic nitrogens is 4. The third-order valence-electron chi connectivity index (χ3n) is 4.15. The lowest BCUT2D eigenvalue weighted by molar-refractivity contribution is 0.0679. The number of nitrogens with one attached hydrogen (secondary N) is 2. The van der Waals surface area contributed by atoms with Crippen LogP contribution in [0.25, 0.3) is 0 Å². The zero-order valence-corrected chi connectivity index (χ0v) is 15.6. The molecule has 0 saturated heterocycles. The summed E-state index contributed by atoms with van der Waals surface area (Å²) in [7, 11) is 0. The smallest absolute Gasteiger partial charge is 0.354 e. The van der Waals surface area contributed by atoms with E-state index in [0.717, 1.165) is 0 Å². The molecule has 0 unspecified atom stereocenters. The van der Waals surface area contributed by atoms with E-state index in [1.165, 1.54) is 0 Å². The lowest BCUT2D eigenvalue weighted by atomic mass is 10.1. The maximum absolute atomic E-state index is 11.0. The van der Waals surface area contributed by atoms with Crippen molar-refractivity contribution in [2.24, 2.45) is 9.98 Å². The van der Waals surface area contributed by atoms with E-state index in [-0.39, 0.29) is 11.4 Å². The number of aliphatic imine (C=N–C) groups is 2. The van der Waals surface area contributed by atoms with Gasteiger partial charge in [0.25, 0.3) is 0 Å². The Morgan fingerprint density at radius 1 is 0.852 bits per heavy atom. The fraction of sp³-hybridized carbons (Fsp3) is 0.412. The summed E-state index contributed by atoms with van der Waals surface area (Å²) >= 11 is 0. The number of hydrogen-bond donors (Lipinski definition) is 4. The van der Waals surface area contributed by atoms with Crippen LogP contribution >= 0.6 is 0 Å². The first-order valence-corrected chi connectivity index (χ1v) is 8.33. The third kappa shape index (κ3) is 4.46. The SMILES string of the molecule is CC(=NCCCN=C(C)c1n[nH]c(C(=O)O)c1C)c1n[nH]c(C(=O)O)c1C. The van der Waals surface area contributed by atoms with Gasteiger partial charge in [-0.25, -0.2) is 9.59 Å². The number of carbonyl (C=O) groups is 2. The number of hydrogen-bond acceptors (Lipinski definition) is 6. The molecule has 0 bridgehead atoms. The Morgan fingerprint density at radius 2 is 1.22 bits per heavy atom. The molecule has 0 spiro atoms. The van der Waals surface area contributed by atoms with Crippen LogP contribution in [-0.4, -0.2) is 67.1 Å². The van der Waals surface area contributed by atoms with E-state index >= 15 is 0 Å². The van der Waals surface area contributed by atoms with E-state index in [1.807, 2.05) is 0 Å². The Bertz CT molecular complexity index is 848. The first kappa shape index (κ1) is 20.0. The Labute approximate surface area is 155 Å². The molecule has 0 saturated carbocycles. The van der Waals surface area contributed by atoms with Crippen molar-refractivity contribution in [1.29, 1.82) is 0 Å². The molecule has 0 amide bonds. The number of nitrogens with zero attached hydrogens (tertiary/aromatic N) is 4. The second-order valence-corrected chi connectivity index (χ2v) is 6.04. The van der Waals surface area contributed by atoms with Crippen molar-refractivity contribution in [1.82, 2.24) is 20.4 Å². The summed E-state index contributed by atoms with van der Waals surface area (Å²) in [5, 5.41) is 31.1. The van der Waals surface area contributed by atoms with Crippen LogP contribution in [0.2, 0.25) is 0 Å². The number of carboxylic acids is 2. The molecule has 2 aromatic heterocycles. The van der Waals surface area contributed by atoms with Gasteiger partial charge in [-0.3, -0.25) is 20.2 Å². The molecule has 27 heavy (non-hydrogen) atoms. The fourth-order valence-electron chi connectivity index (χ4n) is 2.63. The zero-order chi connectivity index (χ0) is 20.1. The minimum atomic E-state index is -1.05. The van der Waals surface area contributed by atoms with Crippen molar-refractivity contribution in [3.63, 3.8) is 0 Å². The molecule has 4 N–H and O–H groups in total. The molecule has 2 heterocycles. The van der Waals surface area contributed by atoms with Gasteiger partial charge in [-0.1, -0.05) is 0 Å². The minimum Gasteiger partial charge on any atom is -0.477 e. The van der Waals surface area contributed by atoms with Crippen LogP contribution < -0.4 is 0 Å². The van der Waals surface area contributed by atoms with Crippen LogP contribution in [0.3, 0.4) is 0 Å². The lowest BCUT2D eigenvalue weighted by Crippen LogP contribution is -2.03. The summed E-state index contributed by atoms with van der Waals surface area (Å²) in [6, 6.07) is 0. The summed E-state index contributed by atoms with van der Waals surface area (Å²) in [6.07, 6.45) is 0.680. The van der Waals surface area contributed by atoms with Crippen molar-refractivity contribution in [2.75, 3.05) is 13.1 Å². The average Bonchev–Trinajstić information content (AvgIpc) is 3.17. The number of aromatic amines is 2. The Hall–Kier alpha value is -3.30. The van der Waals surface area contributed by atoms with E-state index < -0.39 is 11.9 Å². The Kier molecular flexibility index (Phi) is 6.22. The second-order valence-electron chi connectivity index (χ2n) is 6.04. The maximum Gasteiger partial charge on any atom is 0.354 e. The van der Waals surface area contributed by atoms with E-state index in [9.17, 15) is 9.59 Å². The van der Waals surface area contributed by atoms with E-state index in [2.05, 4.69) is 30.4 Å². The molecule has 10 nitrogen and oxygen atoms in total. The van der Waals surface area contributed by atoms with Gasteiger partial charge in [0.15, 0.2) is 0 Å². The van der Waals surface area contributed by atoms with Crippen LogP contribution in [0.4, 0.5) is 0 Å². The quantitative estimate of drug-likeness (QED) is 0.408. The van der Waals surface area contributed by atoms with Crippen LogP contribution in [0.1, 0.15) is 63.8 Å². The van der Waals surface area contributed by atoms with E-state index in [1.54, 1.807) is 27.7 Å². The molecular formula is C17H22N6O4. The number of H-pyrrole nitrogens is 2. The molecule has 0 atom stereocenters. The second kappa shape index (κ2) is 8.39. The fourth-order valence-corrected chi connectivity index (χ4v) is 2.63. The Balaban J connectivity index is 1.94. The summed E-state index contributed by atoms with van der Waals surface area (Å²) < 4.78 is 0. The van der Waals surface area contributed by atoms with Gasteiger partial charge in [-0.05, 0) is 34.1 Å². The monoisotopic (exact) mass is 374 g/mol. The van der Waals surface area contributed by atoms with E-state index in [0.29, 0.717) is 53.4 Å². The van der Waals surface area contributed by atoms with Crippen LogP contribution in [0, 0.1) is 13.8 Å². The summed E-state index contributed by atoms with van der Waals surface area (Å²) in [6.45, 7) is 7.96. The number of aromatic carboxylic acids is 2. The van der Waals surface area contributed by atoms with Gasteiger partial charge in [0, 0.05) is 24.2 Å². The summed E-state index contributed by atoms with van der Waals surface area (Å²) in [5.74, 6) is -2.10. The van der Waals surface area contributed by atoms with Crippen molar-refractivity contribution in [2.45, 2.75) is 34.1 Å². The molecule has 2 rings (SSSR count). The van der Waals surface area contributed by atoms with Gasteiger partial charge >= 0.3 is 11.9 Å². The van der Waals surface area contributed by atoms with Crippen LogP contribution in [-0.2, 0) is 0 Å². The van der Waals surface area contributed by atoms with Gasteiger partial charge in [0.05, 0.1) is 11.4 Å². The number of carboxylic acid groups (broad SMARTS) is 2. The Morgan fingerprint density at radius 3 is 1.52 bits per heavy atom. The molecule has 144 valence electrons. The van der Waals surface area contributed by atoms with Crippen molar-refractivity contribution >= 4 is 23.4 Å².